The summed E-state index contributed by atoms with van der Waals surface area (Å²) in [6, 6.07) is 6.41. The minimum Gasteiger partial charge on any atom is -0.341 e. The Labute approximate surface area is 179 Å². The molecule has 0 unspecified atom stereocenters. The van der Waals surface area contributed by atoms with Gasteiger partial charge in [-0.1, -0.05) is 18.7 Å². The lowest BCUT2D eigenvalue weighted by Crippen LogP contribution is -2.34. The Morgan fingerprint density at radius 2 is 1.87 bits per heavy atom. The molecule has 2 aromatic rings. The summed E-state index contributed by atoms with van der Waals surface area (Å²) in [7, 11) is 1.68. The first kappa shape index (κ1) is 20.6. The molecule has 0 N–H and O–H groups in total. The van der Waals surface area contributed by atoms with Gasteiger partial charge in [0, 0.05) is 44.0 Å². The molecular weight excluding hydrogens is 404 g/mol. The van der Waals surface area contributed by atoms with E-state index in [2.05, 4.69) is 26.6 Å². The Hall–Kier alpha value is -2.62. The maximum absolute atomic E-state index is 12.7. The third kappa shape index (κ3) is 4.43. The molecule has 0 spiro atoms. The van der Waals surface area contributed by atoms with Gasteiger partial charge in [0.1, 0.15) is 0 Å². The number of hydrogen-bond acceptors (Lipinski definition) is 7. The number of thioether (sulfide) groups is 1. The molecule has 1 aliphatic carbocycles. The van der Waals surface area contributed by atoms with Crippen molar-refractivity contribution in [1.82, 2.24) is 14.8 Å². The summed E-state index contributed by atoms with van der Waals surface area (Å²) in [5, 5.41) is 20.4. The van der Waals surface area contributed by atoms with E-state index in [1.54, 1.807) is 19.2 Å². The molecule has 0 radical (unpaired) electrons. The molecule has 2 fully saturated rings. The highest BCUT2D eigenvalue weighted by Crippen LogP contribution is 2.41. The van der Waals surface area contributed by atoms with Crippen molar-refractivity contribution < 1.29 is 9.72 Å². The molecule has 0 bridgehead atoms. The zero-order valence-electron chi connectivity index (χ0n) is 17.2. The molecule has 30 heavy (non-hydrogen) atoms. The van der Waals surface area contributed by atoms with Gasteiger partial charge >= 0.3 is 0 Å². The largest absolute Gasteiger partial charge is 0.341 e. The van der Waals surface area contributed by atoms with Crippen molar-refractivity contribution in [2.24, 2.45) is 5.92 Å². The molecule has 4 rings (SSSR count). The normalized spacial score (nSPS) is 17.2. The number of carbonyl (C=O) groups excluding carboxylic acids is 1. The fraction of sp³-hybridized carbons (Fsp3) is 0.550. The van der Waals surface area contributed by atoms with Crippen molar-refractivity contribution in [3.63, 3.8) is 0 Å². The molecule has 1 saturated heterocycles. The van der Waals surface area contributed by atoms with Gasteiger partial charge in [-0.15, -0.1) is 10.2 Å². The van der Waals surface area contributed by atoms with Crippen molar-refractivity contribution >= 4 is 35.0 Å². The highest BCUT2D eigenvalue weighted by Gasteiger charge is 2.32. The second-order valence-corrected chi connectivity index (χ2v) is 9.01. The first-order chi connectivity index (χ1) is 14.4. The maximum Gasteiger partial charge on any atom is 0.269 e. The number of piperidine rings is 1. The lowest BCUT2D eigenvalue weighted by molar-refractivity contribution is -0.384. The average Bonchev–Trinajstić information content (AvgIpc) is 3.51. The predicted octanol–water partition coefficient (Wildman–Crippen LogP) is 3.51. The van der Waals surface area contributed by atoms with Gasteiger partial charge in [-0.25, -0.2) is 0 Å². The van der Waals surface area contributed by atoms with Crippen LogP contribution in [0.25, 0.3) is 0 Å². The summed E-state index contributed by atoms with van der Waals surface area (Å²) in [6.07, 6.45) is 4.58. The van der Waals surface area contributed by atoms with Gasteiger partial charge in [-0.05, 0) is 43.7 Å². The summed E-state index contributed by atoms with van der Waals surface area (Å²) < 4.78 is 2.21. The van der Waals surface area contributed by atoms with Crippen LogP contribution in [-0.4, -0.2) is 51.5 Å². The van der Waals surface area contributed by atoms with Gasteiger partial charge in [0.2, 0.25) is 11.9 Å². The van der Waals surface area contributed by atoms with Crippen molar-refractivity contribution in [3.05, 3.63) is 34.4 Å². The van der Waals surface area contributed by atoms with Gasteiger partial charge < -0.3 is 9.80 Å². The second kappa shape index (κ2) is 8.63. The van der Waals surface area contributed by atoms with Crippen molar-refractivity contribution in [1.29, 1.82) is 0 Å². The number of benzene rings is 1. The number of hydrogen-bond donors (Lipinski definition) is 0. The monoisotopic (exact) mass is 430 g/mol. The highest BCUT2D eigenvalue weighted by atomic mass is 32.2. The van der Waals surface area contributed by atoms with E-state index in [1.165, 1.54) is 41.6 Å². The number of anilines is 2. The van der Waals surface area contributed by atoms with Crippen molar-refractivity contribution in [3.8, 4) is 0 Å². The van der Waals surface area contributed by atoms with E-state index < -0.39 is 4.92 Å². The number of nitro groups is 1. The molecule has 160 valence electrons. The van der Waals surface area contributed by atoms with Gasteiger partial charge in [0.25, 0.3) is 5.69 Å². The lowest BCUT2D eigenvalue weighted by atomic mass is 10.00. The Kier molecular flexibility index (Phi) is 5.94. The quantitative estimate of drug-likeness (QED) is 0.377. The lowest BCUT2D eigenvalue weighted by Gasteiger charge is -2.31. The van der Waals surface area contributed by atoms with Gasteiger partial charge in [-0.3, -0.25) is 19.5 Å². The number of rotatable bonds is 7. The van der Waals surface area contributed by atoms with E-state index in [-0.39, 0.29) is 17.3 Å². The zero-order valence-corrected chi connectivity index (χ0v) is 18.0. The molecule has 1 aromatic carbocycles. The molecule has 0 atom stereocenters. The third-order valence-electron chi connectivity index (χ3n) is 5.77. The number of nitrogens with zero attached hydrogens (tertiary/aromatic N) is 6. The van der Waals surface area contributed by atoms with Crippen molar-refractivity contribution in [2.45, 2.75) is 43.8 Å². The standard InChI is InChI=1S/C20H26N6O3S/c1-14-9-11-24(12-10-14)19-21-22-20(25(19)16-5-6-16)30-13-18(27)23(2)15-3-7-17(8-4-15)26(28)29/h3-4,7-8,14,16H,5-6,9-13H2,1-2H3. The zero-order chi connectivity index (χ0) is 21.3. The van der Waals surface area contributed by atoms with Crippen LogP contribution in [0.5, 0.6) is 0 Å². The highest BCUT2D eigenvalue weighted by molar-refractivity contribution is 7.99. The van der Waals surface area contributed by atoms with Crippen LogP contribution < -0.4 is 9.80 Å². The number of amides is 1. The van der Waals surface area contributed by atoms with Crippen LogP contribution in [0.4, 0.5) is 17.3 Å². The predicted molar refractivity (Wildman–Crippen MR) is 116 cm³/mol. The van der Waals surface area contributed by atoms with Crippen LogP contribution in [0, 0.1) is 16.0 Å². The molecule has 1 saturated carbocycles. The third-order valence-corrected chi connectivity index (χ3v) is 6.70. The molecule has 1 aromatic heterocycles. The van der Waals surface area contributed by atoms with Gasteiger partial charge in [-0.2, -0.15) is 0 Å². The minimum atomic E-state index is -0.452. The fourth-order valence-corrected chi connectivity index (χ4v) is 4.52. The van der Waals surface area contributed by atoms with Crippen LogP contribution in [0.2, 0.25) is 0 Å². The first-order valence-corrected chi connectivity index (χ1v) is 11.3. The summed E-state index contributed by atoms with van der Waals surface area (Å²) in [6.45, 7) is 4.29. The number of nitro benzene ring substituents is 1. The molecule has 1 aliphatic heterocycles. The van der Waals surface area contributed by atoms with Gasteiger partial charge in [0.15, 0.2) is 5.16 Å². The topological polar surface area (TPSA) is 97.4 Å². The summed E-state index contributed by atoms with van der Waals surface area (Å²) in [5.74, 6) is 1.82. The van der Waals surface area contributed by atoms with E-state index in [0.717, 1.165) is 43.0 Å². The van der Waals surface area contributed by atoms with Crippen LogP contribution in [0.3, 0.4) is 0 Å². The van der Waals surface area contributed by atoms with Crippen LogP contribution in [0.1, 0.15) is 38.6 Å². The van der Waals surface area contributed by atoms with E-state index >= 15 is 0 Å². The summed E-state index contributed by atoms with van der Waals surface area (Å²) >= 11 is 1.40. The average molecular weight is 431 g/mol. The SMILES string of the molecule is CC1CCN(c2nnc(SCC(=O)N(C)c3ccc([N+](=O)[O-])cc3)n2C2CC2)CC1. The first-order valence-electron chi connectivity index (χ1n) is 10.3. The fourth-order valence-electron chi connectivity index (χ4n) is 3.61. The molecule has 1 amide bonds. The van der Waals surface area contributed by atoms with E-state index in [4.69, 9.17) is 0 Å². The Bertz CT molecular complexity index is 919. The van der Waals surface area contributed by atoms with Crippen LogP contribution in [-0.2, 0) is 4.79 Å². The molecule has 2 heterocycles. The summed E-state index contributed by atoms with van der Waals surface area (Å²) in [4.78, 5) is 26.9. The number of aromatic nitrogens is 3. The maximum atomic E-state index is 12.7. The minimum absolute atomic E-state index is 0.00569. The van der Waals surface area contributed by atoms with E-state index in [1.807, 2.05) is 0 Å². The Morgan fingerprint density at radius 1 is 1.20 bits per heavy atom. The number of carbonyl (C=O) groups is 1. The van der Waals surface area contributed by atoms with E-state index in [9.17, 15) is 14.9 Å². The van der Waals surface area contributed by atoms with Crippen molar-refractivity contribution in [2.75, 3.05) is 35.7 Å². The Balaban J connectivity index is 1.42. The van der Waals surface area contributed by atoms with Gasteiger partial charge in [0.05, 0.1) is 10.7 Å². The molecule has 10 heteroatoms. The number of non-ortho nitro benzene ring substituents is 1. The van der Waals surface area contributed by atoms with Crippen LogP contribution in [0.15, 0.2) is 29.4 Å². The molecular formula is C20H26N6O3S. The summed E-state index contributed by atoms with van der Waals surface area (Å²) in [5.41, 5.74) is 0.629. The molecule has 2 aliphatic rings. The second-order valence-electron chi connectivity index (χ2n) is 8.07. The smallest absolute Gasteiger partial charge is 0.269 e. The molecule has 9 nitrogen and oxygen atoms in total. The van der Waals surface area contributed by atoms with Crippen LogP contribution >= 0.6 is 11.8 Å². The Morgan fingerprint density at radius 3 is 2.47 bits per heavy atom. The van der Waals surface area contributed by atoms with E-state index in [0.29, 0.717) is 11.7 Å².